The Morgan fingerprint density at radius 1 is 0.500 bits per heavy atom. The van der Waals surface area contributed by atoms with Crippen molar-refractivity contribution in [3.05, 3.63) is 120 Å². The van der Waals surface area contributed by atoms with Crippen molar-refractivity contribution in [3.8, 4) is 0 Å². The van der Waals surface area contributed by atoms with Crippen LogP contribution in [0.15, 0.2) is 109 Å². The van der Waals surface area contributed by atoms with Gasteiger partial charge in [0.1, 0.15) is 0 Å². The minimum Gasteiger partial charge on any atom is -0.423 e. The van der Waals surface area contributed by atoms with E-state index in [0.717, 1.165) is 0 Å². The first-order valence-corrected chi connectivity index (χ1v) is 11.9. The Labute approximate surface area is 205 Å². The Morgan fingerprint density at radius 3 is 1.06 bits per heavy atom. The zero-order valence-electron chi connectivity index (χ0n) is 18.6. The van der Waals surface area contributed by atoms with Crippen molar-refractivity contribution in [2.24, 2.45) is 0 Å². The highest BCUT2D eigenvalue weighted by Crippen LogP contribution is 2.35. The number of rotatable bonds is 4. The Bertz CT molecular complexity index is 1110. The fourth-order valence-corrected chi connectivity index (χ4v) is 5.61. The van der Waals surface area contributed by atoms with Gasteiger partial charge in [0.25, 0.3) is 0 Å². The smallest absolute Gasteiger partial charge is 0.423 e. The standard InChI is InChI=1S/C18H15P.C8H5BF6O2/c1-4-10-16(11-5-1)19(17-12-6-2-7-13-17)18-14-8-3-9-15-18;10-7(11,12)4-1-5(8(13,14)15)3-6(2-4)9(16)17/h1-15H;1-3,16-17H. The van der Waals surface area contributed by atoms with Crippen LogP contribution in [0.1, 0.15) is 11.1 Å². The molecule has 0 atom stereocenters. The number of hydrogen-bond acceptors (Lipinski definition) is 2. The molecule has 186 valence electrons. The summed E-state index contributed by atoms with van der Waals surface area (Å²) >= 11 is 0. The zero-order valence-corrected chi connectivity index (χ0v) is 19.5. The predicted octanol–water partition coefficient (Wildman–Crippen LogP) is 4.85. The molecule has 0 aliphatic rings. The molecule has 0 aromatic heterocycles. The van der Waals surface area contributed by atoms with Gasteiger partial charge in [0, 0.05) is 0 Å². The van der Waals surface area contributed by atoms with Crippen molar-refractivity contribution in [1.29, 1.82) is 0 Å². The van der Waals surface area contributed by atoms with Gasteiger partial charge in [-0.1, -0.05) is 103 Å². The third-order valence-electron chi connectivity index (χ3n) is 4.95. The topological polar surface area (TPSA) is 40.5 Å². The molecule has 0 unspecified atom stereocenters. The van der Waals surface area contributed by atoms with Gasteiger partial charge >= 0.3 is 19.5 Å². The molecule has 0 saturated heterocycles. The Kier molecular flexibility index (Phi) is 8.96. The highest BCUT2D eigenvalue weighted by Gasteiger charge is 2.37. The van der Waals surface area contributed by atoms with Crippen molar-refractivity contribution in [2.45, 2.75) is 12.4 Å². The summed E-state index contributed by atoms with van der Waals surface area (Å²) in [6, 6.07) is 32.7. The molecule has 0 aliphatic heterocycles. The summed E-state index contributed by atoms with van der Waals surface area (Å²) in [6.07, 6.45) is -9.99. The Hall–Kier alpha value is -3.13. The third kappa shape index (κ3) is 7.44. The molecule has 4 aromatic carbocycles. The van der Waals surface area contributed by atoms with Gasteiger partial charge in [-0.25, -0.2) is 0 Å². The molecule has 10 heteroatoms. The lowest BCUT2D eigenvalue weighted by Crippen LogP contribution is -2.32. The molecule has 2 nitrogen and oxygen atoms in total. The summed E-state index contributed by atoms with van der Waals surface area (Å²) in [6.45, 7) is 0. The van der Waals surface area contributed by atoms with Gasteiger partial charge in [-0.3, -0.25) is 0 Å². The maximum absolute atomic E-state index is 12.3. The highest BCUT2D eigenvalue weighted by molar-refractivity contribution is 7.79. The van der Waals surface area contributed by atoms with Crippen molar-refractivity contribution in [3.63, 3.8) is 0 Å². The molecule has 0 heterocycles. The molecule has 36 heavy (non-hydrogen) atoms. The Morgan fingerprint density at radius 2 is 0.806 bits per heavy atom. The largest absolute Gasteiger partial charge is 0.488 e. The predicted molar refractivity (Wildman–Crippen MR) is 131 cm³/mol. The second-order valence-corrected chi connectivity index (χ2v) is 9.77. The quantitative estimate of drug-likeness (QED) is 0.230. The fraction of sp³-hybridized carbons (Fsp3) is 0.0769. The summed E-state index contributed by atoms with van der Waals surface area (Å²) in [5, 5.41) is 21.4. The van der Waals surface area contributed by atoms with E-state index >= 15 is 0 Å². The normalized spacial score (nSPS) is 11.6. The van der Waals surface area contributed by atoms with E-state index in [-0.39, 0.29) is 18.2 Å². The average Bonchev–Trinajstić information content (AvgIpc) is 2.85. The van der Waals surface area contributed by atoms with Crippen molar-refractivity contribution in [1.82, 2.24) is 0 Å². The van der Waals surface area contributed by atoms with Crippen molar-refractivity contribution >= 4 is 36.4 Å². The van der Waals surface area contributed by atoms with Crippen LogP contribution in [0.5, 0.6) is 0 Å². The molecule has 0 bridgehead atoms. The van der Waals surface area contributed by atoms with Crippen LogP contribution in [0, 0.1) is 0 Å². The lowest BCUT2D eigenvalue weighted by Gasteiger charge is -2.18. The molecule has 0 radical (unpaired) electrons. The van der Waals surface area contributed by atoms with Crippen molar-refractivity contribution < 1.29 is 36.4 Å². The van der Waals surface area contributed by atoms with E-state index in [4.69, 9.17) is 10.0 Å². The van der Waals surface area contributed by atoms with E-state index in [1.165, 1.54) is 15.9 Å². The van der Waals surface area contributed by atoms with E-state index in [1.807, 2.05) is 0 Å². The summed E-state index contributed by atoms with van der Waals surface area (Å²) in [5.41, 5.74) is -4.04. The van der Waals surface area contributed by atoms with Gasteiger partial charge in [0.2, 0.25) is 0 Å². The summed E-state index contributed by atoms with van der Waals surface area (Å²) in [5.74, 6) is 0. The maximum Gasteiger partial charge on any atom is 0.488 e. The minimum atomic E-state index is -5.00. The van der Waals surface area contributed by atoms with Crippen LogP contribution >= 0.6 is 7.92 Å². The second-order valence-electron chi connectivity index (χ2n) is 7.55. The van der Waals surface area contributed by atoms with Crippen LogP contribution in [0.2, 0.25) is 0 Å². The SMILES string of the molecule is OB(O)c1cc(C(F)(F)F)cc(C(F)(F)F)c1.c1ccc(P(c2ccccc2)c2ccccc2)cc1. The Balaban J connectivity index is 0.000000202. The van der Waals surface area contributed by atoms with Crippen LogP contribution in [-0.2, 0) is 12.4 Å². The van der Waals surface area contributed by atoms with Gasteiger partial charge in [0.15, 0.2) is 0 Å². The van der Waals surface area contributed by atoms with E-state index in [1.54, 1.807) is 0 Å². The summed E-state index contributed by atoms with van der Waals surface area (Å²) in [7, 11) is -2.85. The number of halogens is 6. The molecule has 0 saturated carbocycles. The highest BCUT2D eigenvalue weighted by atomic mass is 31.1. The molecule has 0 spiro atoms. The van der Waals surface area contributed by atoms with Crippen LogP contribution in [0.4, 0.5) is 26.3 Å². The molecule has 4 rings (SSSR count). The van der Waals surface area contributed by atoms with E-state index in [2.05, 4.69) is 91.0 Å². The molecular weight excluding hydrogens is 500 g/mol. The number of alkyl halides is 6. The molecule has 2 N–H and O–H groups in total. The first kappa shape index (κ1) is 27.5. The first-order valence-electron chi connectivity index (χ1n) is 10.6. The minimum absolute atomic E-state index is 0.0914. The van der Waals surface area contributed by atoms with E-state index in [9.17, 15) is 26.3 Å². The van der Waals surface area contributed by atoms with Gasteiger partial charge in [-0.05, 0) is 35.4 Å². The van der Waals surface area contributed by atoms with E-state index in [0.29, 0.717) is 0 Å². The molecule has 4 aromatic rings. The number of hydrogen-bond donors (Lipinski definition) is 2. The van der Waals surface area contributed by atoms with Crippen LogP contribution < -0.4 is 21.4 Å². The molecule has 0 aliphatic carbocycles. The molecule has 0 amide bonds. The maximum atomic E-state index is 12.3. The van der Waals surface area contributed by atoms with Crippen molar-refractivity contribution in [2.75, 3.05) is 0 Å². The first-order chi connectivity index (χ1) is 17.0. The lowest BCUT2D eigenvalue weighted by atomic mass is 9.78. The van der Waals surface area contributed by atoms with Gasteiger partial charge in [0.05, 0.1) is 11.1 Å². The average molecular weight is 520 g/mol. The third-order valence-corrected chi connectivity index (χ3v) is 7.39. The van der Waals surface area contributed by atoms with E-state index < -0.39 is 44.0 Å². The second kappa shape index (κ2) is 11.7. The summed E-state index contributed by atoms with van der Waals surface area (Å²) < 4.78 is 73.6. The zero-order chi connectivity index (χ0) is 26.3. The lowest BCUT2D eigenvalue weighted by molar-refractivity contribution is -0.142. The van der Waals surface area contributed by atoms with Crippen LogP contribution in [0.25, 0.3) is 0 Å². The molecule has 0 fully saturated rings. The van der Waals surface area contributed by atoms with Crippen LogP contribution in [-0.4, -0.2) is 17.2 Å². The van der Waals surface area contributed by atoms with Gasteiger partial charge in [-0.2, -0.15) is 26.3 Å². The van der Waals surface area contributed by atoms with Crippen LogP contribution in [0.3, 0.4) is 0 Å². The van der Waals surface area contributed by atoms with Gasteiger partial charge in [-0.15, -0.1) is 0 Å². The molecular formula is C26H20BF6O2P. The number of benzene rings is 4. The summed E-state index contributed by atoms with van der Waals surface area (Å²) in [4.78, 5) is 0. The monoisotopic (exact) mass is 520 g/mol. The fourth-order valence-electron chi connectivity index (χ4n) is 3.31. The van der Waals surface area contributed by atoms with Gasteiger partial charge < -0.3 is 10.0 Å².